The van der Waals surface area contributed by atoms with Gasteiger partial charge in [-0.3, -0.25) is 0 Å². The van der Waals surface area contributed by atoms with Crippen molar-refractivity contribution in [2.24, 2.45) is 0 Å². The van der Waals surface area contributed by atoms with Gasteiger partial charge in [-0.25, -0.2) is 4.98 Å². The average molecular weight is 140 g/mol. The molecule has 0 radical (unpaired) electrons. The lowest BCUT2D eigenvalue weighted by Gasteiger charge is -2.06. The highest BCUT2D eigenvalue weighted by Crippen LogP contribution is 2.09. The van der Waals surface area contributed by atoms with Crippen LogP contribution in [0.5, 0.6) is 0 Å². The highest BCUT2D eigenvalue weighted by Gasteiger charge is 2.04. The maximum atomic E-state index is 5.29. The lowest BCUT2D eigenvalue weighted by molar-refractivity contribution is 0.0707. The Morgan fingerprint density at radius 2 is 2.60 bits per heavy atom. The average Bonchev–Trinajstić information content (AvgIpc) is 2.38. The van der Waals surface area contributed by atoms with Crippen LogP contribution in [0.2, 0.25) is 0 Å². The molecule has 0 bridgehead atoms. The van der Waals surface area contributed by atoms with E-state index in [2.05, 4.69) is 9.97 Å². The highest BCUT2D eigenvalue weighted by molar-refractivity contribution is 4.90. The van der Waals surface area contributed by atoms with Crippen molar-refractivity contribution < 1.29 is 4.74 Å². The second kappa shape index (κ2) is 3.37. The summed E-state index contributed by atoms with van der Waals surface area (Å²) in [5.74, 6) is 0.891. The molecule has 0 saturated carbocycles. The first kappa shape index (κ1) is 7.28. The van der Waals surface area contributed by atoms with Crippen LogP contribution in [0.15, 0.2) is 12.4 Å². The molecule has 0 amide bonds. The summed E-state index contributed by atoms with van der Waals surface area (Å²) in [4.78, 5) is 7.04. The number of hydrogen-bond acceptors (Lipinski definition) is 2. The van der Waals surface area contributed by atoms with Crippen LogP contribution in [0.4, 0.5) is 0 Å². The number of H-pyrrole nitrogens is 1. The molecule has 56 valence electrons. The fourth-order valence-corrected chi connectivity index (χ4v) is 0.829. The molecule has 1 rings (SSSR count). The topological polar surface area (TPSA) is 37.9 Å². The summed E-state index contributed by atoms with van der Waals surface area (Å²) in [5, 5.41) is 0. The SMILES string of the molecule is CCO[C@@H](C)c1ncc[nH]1. The second-order valence-corrected chi connectivity index (χ2v) is 2.07. The molecule has 3 nitrogen and oxygen atoms in total. The molecule has 0 aliphatic carbocycles. The first-order chi connectivity index (χ1) is 4.84. The standard InChI is InChI=1S/C7H12N2O/c1-3-10-6(2)7-8-4-5-9-7/h4-6H,3H2,1-2H3,(H,8,9)/t6-/m0/s1. The van der Waals surface area contributed by atoms with E-state index in [-0.39, 0.29) is 6.10 Å². The van der Waals surface area contributed by atoms with Crippen LogP contribution in [-0.2, 0) is 4.74 Å². The zero-order valence-corrected chi connectivity index (χ0v) is 6.29. The summed E-state index contributed by atoms with van der Waals surface area (Å²) in [7, 11) is 0. The Morgan fingerprint density at radius 1 is 1.80 bits per heavy atom. The highest BCUT2D eigenvalue weighted by atomic mass is 16.5. The molecule has 0 saturated heterocycles. The number of nitrogens with zero attached hydrogens (tertiary/aromatic N) is 1. The summed E-state index contributed by atoms with van der Waals surface area (Å²) in [6.45, 7) is 4.67. The molecule has 0 aliphatic heterocycles. The Bertz CT molecular complexity index is 172. The van der Waals surface area contributed by atoms with Crippen molar-refractivity contribution in [3.05, 3.63) is 18.2 Å². The summed E-state index contributed by atoms with van der Waals surface area (Å²) in [6, 6.07) is 0. The predicted molar refractivity (Wildman–Crippen MR) is 38.6 cm³/mol. The monoisotopic (exact) mass is 140 g/mol. The third kappa shape index (κ3) is 1.57. The lowest BCUT2D eigenvalue weighted by Crippen LogP contribution is -2.00. The smallest absolute Gasteiger partial charge is 0.134 e. The van der Waals surface area contributed by atoms with Crippen LogP contribution < -0.4 is 0 Å². The van der Waals surface area contributed by atoms with Gasteiger partial charge >= 0.3 is 0 Å². The van der Waals surface area contributed by atoms with Crippen LogP contribution in [-0.4, -0.2) is 16.6 Å². The number of aromatic amines is 1. The van der Waals surface area contributed by atoms with Gasteiger partial charge < -0.3 is 9.72 Å². The minimum absolute atomic E-state index is 0.0833. The molecule has 10 heavy (non-hydrogen) atoms. The van der Waals surface area contributed by atoms with Gasteiger partial charge in [0.1, 0.15) is 11.9 Å². The number of ether oxygens (including phenoxy) is 1. The molecule has 0 spiro atoms. The van der Waals surface area contributed by atoms with Crippen molar-refractivity contribution in [2.45, 2.75) is 20.0 Å². The summed E-state index contributed by atoms with van der Waals surface area (Å²) in [6.07, 6.45) is 3.61. The van der Waals surface area contributed by atoms with Crippen molar-refractivity contribution in [1.29, 1.82) is 0 Å². The van der Waals surface area contributed by atoms with Crippen molar-refractivity contribution >= 4 is 0 Å². The molecule has 0 unspecified atom stereocenters. The van der Waals surface area contributed by atoms with E-state index in [1.807, 2.05) is 13.8 Å². The van der Waals surface area contributed by atoms with E-state index in [9.17, 15) is 0 Å². The van der Waals surface area contributed by atoms with Crippen molar-refractivity contribution in [1.82, 2.24) is 9.97 Å². The quantitative estimate of drug-likeness (QED) is 0.691. The molecule has 3 heteroatoms. The third-order valence-electron chi connectivity index (χ3n) is 1.32. The molecule has 0 aliphatic rings. The normalized spacial score (nSPS) is 13.4. The van der Waals surface area contributed by atoms with Gasteiger partial charge in [-0.1, -0.05) is 0 Å². The van der Waals surface area contributed by atoms with Gasteiger partial charge in [-0.2, -0.15) is 0 Å². The van der Waals surface area contributed by atoms with Crippen LogP contribution in [0, 0.1) is 0 Å². The number of aromatic nitrogens is 2. The first-order valence-electron chi connectivity index (χ1n) is 3.45. The van der Waals surface area contributed by atoms with E-state index in [1.54, 1.807) is 12.4 Å². The largest absolute Gasteiger partial charge is 0.371 e. The molecule has 1 atom stereocenters. The van der Waals surface area contributed by atoms with E-state index in [0.29, 0.717) is 0 Å². The summed E-state index contributed by atoms with van der Waals surface area (Å²) in [5.41, 5.74) is 0. The maximum absolute atomic E-state index is 5.29. The Labute approximate surface area is 60.4 Å². The predicted octanol–water partition coefficient (Wildman–Crippen LogP) is 1.51. The van der Waals surface area contributed by atoms with Crippen LogP contribution >= 0.6 is 0 Å². The fourth-order valence-electron chi connectivity index (χ4n) is 0.829. The minimum atomic E-state index is 0.0833. The molecule has 0 fully saturated rings. The van der Waals surface area contributed by atoms with Gasteiger partial charge in [0.15, 0.2) is 0 Å². The third-order valence-corrected chi connectivity index (χ3v) is 1.32. The van der Waals surface area contributed by atoms with E-state index >= 15 is 0 Å². The Balaban J connectivity index is 2.50. The Hall–Kier alpha value is -0.830. The van der Waals surface area contributed by atoms with Gasteiger partial charge in [-0.05, 0) is 13.8 Å². The fraction of sp³-hybridized carbons (Fsp3) is 0.571. The van der Waals surface area contributed by atoms with Gasteiger partial charge in [0.25, 0.3) is 0 Å². The molecular weight excluding hydrogens is 128 g/mol. The van der Waals surface area contributed by atoms with Gasteiger partial charge in [0.2, 0.25) is 0 Å². The zero-order chi connectivity index (χ0) is 7.40. The Morgan fingerprint density at radius 3 is 3.10 bits per heavy atom. The molecule has 1 N–H and O–H groups in total. The Kier molecular flexibility index (Phi) is 2.45. The van der Waals surface area contributed by atoms with Gasteiger partial charge in [-0.15, -0.1) is 0 Å². The van der Waals surface area contributed by atoms with E-state index in [1.165, 1.54) is 0 Å². The molecular formula is C7H12N2O. The van der Waals surface area contributed by atoms with Crippen LogP contribution in [0.1, 0.15) is 25.8 Å². The van der Waals surface area contributed by atoms with Gasteiger partial charge in [0.05, 0.1) is 0 Å². The summed E-state index contributed by atoms with van der Waals surface area (Å²) >= 11 is 0. The van der Waals surface area contributed by atoms with Crippen molar-refractivity contribution in [2.75, 3.05) is 6.61 Å². The maximum Gasteiger partial charge on any atom is 0.134 e. The van der Waals surface area contributed by atoms with Crippen molar-refractivity contribution in [3.8, 4) is 0 Å². The molecule has 1 heterocycles. The number of nitrogens with one attached hydrogen (secondary N) is 1. The molecule has 1 aromatic heterocycles. The van der Waals surface area contributed by atoms with Crippen LogP contribution in [0.3, 0.4) is 0 Å². The van der Waals surface area contributed by atoms with Crippen molar-refractivity contribution in [3.63, 3.8) is 0 Å². The second-order valence-electron chi connectivity index (χ2n) is 2.07. The minimum Gasteiger partial charge on any atom is -0.371 e. The summed E-state index contributed by atoms with van der Waals surface area (Å²) < 4.78 is 5.29. The number of hydrogen-bond donors (Lipinski definition) is 1. The van der Waals surface area contributed by atoms with E-state index in [0.717, 1.165) is 12.4 Å². The van der Waals surface area contributed by atoms with Crippen LogP contribution in [0.25, 0.3) is 0 Å². The molecule has 0 aromatic carbocycles. The lowest BCUT2D eigenvalue weighted by atomic mass is 10.4. The number of rotatable bonds is 3. The zero-order valence-electron chi connectivity index (χ0n) is 6.29. The molecule has 1 aromatic rings. The van der Waals surface area contributed by atoms with E-state index < -0.39 is 0 Å². The van der Waals surface area contributed by atoms with E-state index in [4.69, 9.17) is 4.74 Å². The number of imidazole rings is 1. The first-order valence-corrected chi connectivity index (χ1v) is 3.45. The van der Waals surface area contributed by atoms with Gasteiger partial charge in [0, 0.05) is 19.0 Å².